The summed E-state index contributed by atoms with van der Waals surface area (Å²) in [5, 5.41) is 5.24. The van der Waals surface area contributed by atoms with Gasteiger partial charge in [-0.15, -0.1) is 0 Å². The molecule has 2 aromatic heterocycles. The van der Waals surface area contributed by atoms with E-state index in [1.165, 1.54) is 134 Å². The Bertz CT molecular complexity index is 2260. The van der Waals surface area contributed by atoms with Gasteiger partial charge in [0.1, 0.15) is 11.5 Å². The van der Waals surface area contributed by atoms with Gasteiger partial charge in [-0.05, 0) is 97.3 Å². The van der Waals surface area contributed by atoms with E-state index in [1.54, 1.807) is 0 Å². The molecule has 0 amide bonds. The number of hydrogen-bond donors (Lipinski definition) is 0. The first-order valence-corrected chi connectivity index (χ1v) is 28.1. The van der Waals surface area contributed by atoms with Crippen LogP contribution in [0.1, 0.15) is 186 Å². The molecule has 6 aromatic rings. The molecule has 4 atom stereocenters. The monoisotopic (exact) mass is 925 g/mol. The van der Waals surface area contributed by atoms with Crippen molar-refractivity contribution in [2.24, 2.45) is 47.3 Å². The molecule has 4 nitrogen and oxygen atoms in total. The molecule has 0 aliphatic carbocycles. The molecule has 0 N–H and O–H groups in total. The van der Waals surface area contributed by atoms with E-state index in [0.717, 1.165) is 72.2 Å². The van der Waals surface area contributed by atoms with E-state index >= 15 is 0 Å². The Hall–Kier alpha value is -3.92. The molecule has 0 radical (unpaired) electrons. The molecular weight excluding hydrogens is 829 g/mol. The molecule has 0 fully saturated rings. The summed E-state index contributed by atoms with van der Waals surface area (Å²) < 4.78 is 19.5. The minimum Gasteiger partial charge on any atom is -0.493 e. The maximum absolute atomic E-state index is 7.15. The van der Waals surface area contributed by atoms with Crippen molar-refractivity contribution >= 4 is 43.6 Å². The highest BCUT2D eigenvalue weighted by molar-refractivity contribution is 6.13. The summed E-state index contributed by atoms with van der Waals surface area (Å²) in [6.45, 7) is 31.9. The number of fused-ring (bicyclic) bond motifs is 6. The molecule has 4 unspecified atom stereocenters. The predicted octanol–water partition coefficient (Wildman–Crippen LogP) is 19.7. The van der Waals surface area contributed by atoms with Crippen molar-refractivity contribution in [3.63, 3.8) is 0 Å². The summed E-state index contributed by atoms with van der Waals surface area (Å²) >= 11 is 0. The van der Waals surface area contributed by atoms with E-state index in [2.05, 4.69) is 165 Å². The molecule has 2 heterocycles. The fourth-order valence-electron chi connectivity index (χ4n) is 10.8. The molecule has 0 aliphatic heterocycles. The van der Waals surface area contributed by atoms with E-state index in [9.17, 15) is 0 Å². The number of ether oxygens (including phenoxy) is 2. The molecule has 0 saturated heterocycles. The lowest BCUT2D eigenvalue weighted by Gasteiger charge is -2.20. The number of aryl methyl sites for hydroxylation is 2. The smallest absolute Gasteiger partial charge is 0.129 e. The Morgan fingerprint density at radius 1 is 0.338 bits per heavy atom. The Balaban J connectivity index is 1.46. The van der Waals surface area contributed by atoms with Crippen molar-refractivity contribution < 1.29 is 9.47 Å². The number of benzene rings is 4. The molecule has 0 aliphatic rings. The van der Waals surface area contributed by atoms with Gasteiger partial charge in [-0.25, -0.2) is 0 Å². The van der Waals surface area contributed by atoms with Crippen molar-refractivity contribution in [2.75, 3.05) is 13.2 Å². The first-order valence-electron chi connectivity index (χ1n) is 28.1. The third-order valence-corrected chi connectivity index (χ3v) is 15.4. The summed E-state index contributed by atoms with van der Waals surface area (Å²) in [4.78, 5) is 0. The molecular formula is C64H96N2O2. The largest absolute Gasteiger partial charge is 0.493 e. The number of para-hydroxylation sites is 2. The molecule has 374 valence electrons. The van der Waals surface area contributed by atoms with E-state index < -0.39 is 0 Å². The van der Waals surface area contributed by atoms with E-state index in [-0.39, 0.29) is 0 Å². The van der Waals surface area contributed by atoms with Crippen LogP contribution in [-0.4, -0.2) is 22.3 Å². The van der Waals surface area contributed by atoms with E-state index in [0.29, 0.717) is 36.9 Å². The predicted molar refractivity (Wildman–Crippen MR) is 299 cm³/mol. The Morgan fingerprint density at radius 3 is 1.00 bits per heavy atom. The normalized spacial score (nSPS) is 14.2. The second kappa shape index (κ2) is 26.3. The minimum atomic E-state index is 0.617. The Morgan fingerprint density at radius 2 is 0.662 bits per heavy atom. The molecule has 0 bridgehead atoms. The second-order valence-electron chi connectivity index (χ2n) is 23.6. The maximum Gasteiger partial charge on any atom is 0.129 e. The van der Waals surface area contributed by atoms with Crippen LogP contribution in [0.2, 0.25) is 0 Å². The standard InChI is InChI=1S/C64H96N2O2/c1-45(2)21-17-25-49(9)33-37-65-59-31-15-13-29-53(59)55-41-57(63(43-61(55)65)67-39-35-51(11)27-19-23-47(5)6)58-42-56-54-30-14-16-32-60(54)66(38-34-50(10)26-18-22-46(3)4)62(56)44-64(58)68-40-36-52(12)28-20-24-48(7)8/h13-16,29-32,41-52H,17-28,33-40H2,1-12H3. The number of nitrogens with zero attached hydrogens (tertiary/aromatic N) is 2. The summed E-state index contributed by atoms with van der Waals surface area (Å²) in [7, 11) is 0. The zero-order chi connectivity index (χ0) is 48.7. The lowest BCUT2D eigenvalue weighted by atomic mass is 9.96. The minimum absolute atomic E-state index is 0.617. The molecule has 68 heavy (non-hydrogen) atoms. The van der Waals surface area contributed by atoms with Gasteiger partial charge in [0, 0.05) is 68.9 Å². The van der Waals surface area contributed by atoms with Crippen molar-refractivity contribution in [3.8, 4) is 22.6 Å². The van der Waals surface area contributed by atoms with E-state index in [1.807, 2.05) is 0 Å². The lowest BCUT2D eigenvalue weighted by molar-refractivity contribution is 0.273. The first-order chi connectivity index (χ1) is 32.7. The van der Waals surface area contributed by atoms with Crippen molar-refractivity contribution in [1.82, 2.24) is 9.13 Å². The van der Waals surface area contributed by atoms with Crippen LogP contribution >= 0.6 is 0 Å². The summed E-state index contributed by atoms with van der Waals surface area (Å²) in [5.41, 5.74) is 7.49. The maximum atomic E-state index is 7.15. The zero-order valence-electron chi connectivity index (χ0n) is 45.4. The number of hydrogen-bond acceptors (Lipinski definition) is 2. The van der Waals surface area contributed by atoms with E-state index in [4.69, 9.17) is 9.47 Å². The van der Waals surface area contributed by atoms with Gasteiger partial charge in [0.2, 0.25) is 0 Å². The van der Waals surface area contributed by atoms with Crippen molar-refractivity contribution in [1.29, 1.82) is 0 Å². The summed E-state index contributed by atoms with van der Waals surface area (Å²) in [6.07, 6.45) is 19.9. The molecule has 4 heteroatoms. The van der Waals surface area contributed by atoms with Crippen LogP contribution in [0.4, 0.5) is 0 Å². The number of rotatable bonds is 31. The van der Waals surface area contributed by atoms with Gasteiger partial charge < -0.3 is 18.6 Å². The van der Waals surface area contributed by atoms with Crippen LogP contribution in [0.3, 0.4) is 0 Å². The lowest BCUT2D eigenvalue weighted by Crippen LogP contribution is -2.08. The number of aromatic nitrogens is 2. The Labute approximate surface area is 415 Å². The first kappa shape index (κ1) is 53.4. The molecule has 6 rings (SSSR count). The van der Waals surface area contributed by atoms with Gasteiger partial charge >= 0.3 is 0 Å². The van der Waals surface area contributed by atoms with Crippen LogP contribution in [0.5, 0.6) is 11.5 Å². The van der Waals surface area contributed by atoms with Gasteiger partial charge in [0.25, 0.3) is 0 Å². The Kier molecular flexibility index (Phi) is 20.7. The van der Waals surface area contributed by atoms with Gasteiger partial charge in [-0.1, -0.05) is 197 Å². The van der Waals surface area contributed by atoms with Crippen molar-refractivity contribution in [3.05, 3.63) is 72.8 Å². The van der Waals surface area contributed by atoms with Gasteiger partial charge in [0.05, 0.1) is 24.2 Å². The second-order valence-corrected chi connectivity index (χ2v) is 23.6. The average molecular weight is 925 g/mol. The van der Waals surface area contributed by atoms with Crippen LogP contribution in [0.25, 0.3) is 54.7 Å². The average Bonchev–Trinajstić information content (AvgIpc) is 3.77. The fourth-order valence-corrected chi connectivity index (χ4v) is 10.8. The van der Waals surface area contributed by atoms with Gasteiger partial charge in [0.15, 0.2) is 0 Å². The van der Waals surface area contributed by atoms with Crippen LogP contribution < -0.4 is 9.47 Å². The van der Waals surface area contributed by atoms with Crippen molar-refractivity contribution in [2.45, 2.75) is 199 Å². The van der Waals surface area contributed by atoms with Gasteiger partial charge in [-0.2, -0.15) is 0 Å². The van der Waals surface area contributed by atoms with Crippen LogP contribution in [0, 0.1) is 47.3 Å². The molecule has 0 spiro atoms. The summed E-state index contributed by atoms with van der Waals surface area (Å²) in [5.74, 6) is 7.58. The molecule has 0 saturated carbocycles. The zero-order valence-corrected chi connectivity index (χ0v) is 45.4. The third-order valence-electron chi connectivity index (χ3n) is 15.4. The highest BCUT2D eigenvalue weighted by Gasteiger charge is 2.23. The van der Waals surface area contributed by atoms with Crippen LogP contribution in [-0.2, 0) is 13.1 Å². The molecule has 4 aromatic carbocycles. The van der Waals surface area contributed by atoms with Gasteiger partial charge in [-0.3, -0.25) is 0 Å². The third kappa shape index (κ3) is 15.0. The fraction of sp³-hybridized carbons (Fsp3) is 0.625. The highest BCUT2D eigenvalue weighted by atomic mass is 16.5. The highest BCUT2D eigenvalue weighted by Crippen LogP contribution is 2.46. The van der Waals surface area contributed by atoms with Crippen LogP contribution in [0.15, 0.2) is 72.8 Å². The summed E-state index contributed by atoms with van der Waals surface area (Å²) in [6, 6.07) is 28.0. The SMILES string of the molecule is CC(C)CCCC(C)CCOc1cc2c(cc1-c1cc3c4ccccc4n(CCC(C)CCCC(C)C)c3cc1OCCC(C)CCCC(C)C)c1ccccc1n2CCC(C)CCCC(C)C. The topological polar surface area (TPSA) is 28.3 Å². The quantitative estimate of drug-likeness (QED) is 0.0435.